The summed E-state index contributed by atoms with van der Waals surface area (Å²) in [6, 6.07) is 3.99. The number of nitrogens with zero attached hydrogens (tertiary/aromatic N) is 1. The van der Waals surface area contributed by atoms with Gasteiger partial charge in [-0.25, -0.2) is 13.6 Å². The molecule has 0 bridgehead atoms. The molecule has 21 heavy (non-hydrogen) atoms. The minimum absolute atomic E-state index is 0.0816. The zero-order valence-electron chi connectivity index (χ0n) is 11.9. The van der Waals surface area contributed by atoms with Gasteiger partial charge in [0.1, 0.15) is 6.61 Å². The Hall–Kier alpha value is -1.53. The number of benzene rings is 1. The highest BCUT2D eigenvalue weighted by Crippen LogP contribution is 2.27. The standard InChI is InChI=1S/C15H19F2NO3/c1-10(12-3-2-4-13(16)15(12)17)18-7-5-11(6-8-18)21-9-14(19)20/h2-4,10-11H,5-9H2,1H3,(H,19,20). The van der Waals surface area contributed by atoms with Crippen LogP contribution in [0.2, 0.25) is 0 Å². The Morgan fingerprint density at radius 2 is 2.10 bits per heavy atom. The summed E-state index contributed by atoms with van der Waals surface area (Å²) in [7, 11) is 0. The quantitative estimate of drug-likeness (QED) is 0.908. The van der Waals surface area contributed by atoms with Gasteiger partial charge in [-0.1, -0.05) is 12.1 Å². The van der Waals surface area contributed by atoms with Crippen molar-refractivity contribution in [2.45, 2.75) is 31.9 Å². The van der Waals surface area contributed by atoms with Crippen LogP contribution in [0.5, 0.6) is 0 Å². The number of carboxylic acids is 1. The lowest BCUT2D eigenvalue weighted by Gasteiger charge is -2.36. The van der Waals surface area contributed by atoms with Gasteiger partial charge >= 0.3 is 5.97 Å². The van der Waals surface area contributed by atoms with Crippen molar-refractivity contribution in [2.75, 3.05) is 19.7 Å². The van der Waals surface area contributed by atoms with Crippen molar-refractivity contribution in [3.63, 3.8) is 0 Å². The average Bonchev–Trinajstić information content (AvgIpc) is 2.48. The molecule has 0 aliphatic carbocycles. The molecule has 1 aromatic rings. The minimum atomic E-state index is -0.979. The van der Waals surface area contributed by atoms with Crippen LogP contribution < -0.4 is 0 Å². The number of carboxylic acid groups (broad SMARTS) is 1. The van der Waals surface area contributed by atoms with Crippen LogP contribution >= 0.6 is 0 Å². The molecule has 0 aromatic heterocycles. The van der Waals surface area contributed by atoms with Crippen molar-refractivity contribution in [2.24, 2.45) is 0 Å². The highest BCUT2D eigenvalue weighted by molar-refractivity contribution is 5.68. The van der Waals surface area contributed by atoms with E-state index in [4.69, 9.17) is 9.84 Å². The SMILES string of the molecule is CC(c1cccc(F)c1F)N1CCC(OCC(=O)O)CC1. The van der Waals surface area contributed by atoms with Crippen molar-refractivity contribution in [3.05, 3.63) is 35.4 Å². The van der Waals surface area contributed by atoms with Gasteiger partial charge in [-0.15, -0.1) is 0 Å². The number of halogens is 2. The van der Waals surface area contributed by atoms with Gasteiger partial charge in [0.05, 0.1) is 6.10 Å². The third-order valence-electron chi connectivity index (χ3n) is 3.90. The first kappa shape index (κ1) is 15.9. The molecular weight excluding hydrogens is 280 g/mol. The Morgan fingerprint density at radius 3 is 2.71 bits per heavy atom. The molecule has 116 valence electrons. The first-order valence-corrected chi connectivity index (χ1v) is 7.00. The van der Waals surface area contributed by atoms with Gasteiger partial charge in [0.25, 0.3) is 0 Å². The Bertz CT molecular complexity index is 502. The molecule has 0 radical (unpaired) electrons. The van der Waals surface area contributed by atoms with Gasteiger partial charge in [-0.05, 0) is 25.8 Å². The molecule has 1 heterocycles. The molecule has 1 aliphatic heterocycles. The summed E-state index contributed by atoms with van der Waals surface area (Å²) in [6.45, 7) is 2.89. The van der Waals surface area contributed by atoms with Crippen molar-refractivity contribution in [1.82, 2.24) is 4.90 Å². The molecule has 6 heteroatoms. The van der Waals surface area contributed by atoms with E-state index in [1.807, 2.05) is 6.92 Å². The third-order valence-corrected chi connectivity index (χ3v) is 3.90. The van der Waals surface area contributed by atoms with E-state index in [-0.39, 0.29) is 18.8 Å². The Labute approximate surface area is 122 Å². The maximum Gasteiger partial charge on any atom is 0.329 e. The molecule has 1 aliphatic rings. The van der Waals surface area contributed by atoms with E-state index in [1.54, 1.807) is 6.07 Å². The number of rotatable bonds is 5. The van der Waals surface area contributed by atoms with Gasteiger partial charge in [0.2, 0.25) is 0 Å². The van der Waals surface area contributed by atoms with E-state index in [9.17, 15) is 13.6 Å². The second kappa shape index (κ2) is 6.95. The summed E-state index contributed by atoms with van der Waals surface area (Å²) in [5.74, 6) is -2.61. The van der Waals surface area contributed by atoms with Crippen LogP contribution in [0.4, 0.5) is 8.78 Å². The van der Waals surface area contributed by atoms with Crippen molar-refractivity contribution in [1.29, 1.82) is 0 Å². The van der Waals surface area contributed by atoms with Crippen molar-refractivity contribution < 1.29 is 23.4 Å². The molecule has 1 aromatic carbocycles. The fourth-order valence-corrected chi connectivity index (χ4v) is 2.66. The molecule has 1 N–H and O–H groups in total. The van der Waals surface area contributed by atoms with E-state index in [0.717, 1.165) is 6.07 Å². The smallest absolute Gasteiger partial charge is 0.329 e. The van der Waals surface area contributed by atoms with Gasteiger partial charge in [0, 0.05) is 24.7 Å². The fourth-order valence-electron chi connectivity index (χ4n) is 2.66. The predicted molar refractivity (Wildman–Crippen MR) is 73.0 cm³/mol. The van der Waals surface area contributed by atoms with E-state index < -0.39 is 17.6 Å². The maximum absolute atomic E-state index is 13.8. The Kier molecular flexibility index (Phi) is 5.25. The zero-order valence-corrected chi connectivity index (χ0v) is 11.9. The summed E-state index contributed by atoms with van der Waals surface area (Å²) in [6.07, 6.45) is 1.30. The molecular formula is C15H19F2NO3. The fraction of sp³-hybridized carbons (Fsp3) is 0.533. The lowest BCUT2D eigenvalue weighted by molar-refractivity contribution is -0.145. The first-order chi connectivity index (χ1) is 9.99. The second-order valence-electron chi connectivity index (χ2n) is 5.26. The number of carbonyl (C=O) groups is 1. The van der Waals surface area contributed by atoms with Gasteiger partial charge in [-0.2, -0.15) is 0 Å². The molecule has 1 atom stereocenters. The Morgan fingerprint density at radius 1 is 1.43 bits per heavy atom. The molecule has 0 saturated carbocycles. The summed E-state index contributed by atoms with van der Waals surface area (Å²) in [4.78, 5) is 12.5. The predicted octanol–water partition coefficient (Wildman–Crippen LogP) is 2.59. The van der Waals surface area contributed by atoms with Crippen LogP contribution in [0.15, 0.2) is 18.2 Å². The monoisotopic (exact) mass is 299 g/mol. The lowest BCUT2D eigenvalue weighted by atomic mass is 10.0. The molecule has 2 rings (SSSR count). The van der Waals surface area contributed by atoms with Crippen LogP contribution in [-0.4, -0.2) is 41.8 Å². The largest absolute Gasteiger partial charge is 0.480 e. The van der Waals surface area contributed by atoms with Crippen LogP contribution in [-0.2, 0) is 9.53 Å². The minimum Gasteiger partial charge on any atom is -0.480 e. The van der Waals surface area contributed by atoms with Crippen LogP contribution in [0, 0.1) is 11.6 Å². The molecule has 4 nitrogen and oxygen atoms in total. The highest BCUT2D eigenvalue weighted by Gasteiger charge is 2.26. The van der Waals surface area contributed by atoms with Crippen LogP contribution in [0.3, 0.4) is 0 Å². The first-order valence-electron chi connectivity index (χ1n) is 7.00. The van der Waals surface area contributed by atoms with E-state index in [1.165, 1.54) is 6.07 Å². The van der Waals surface area contributed by atoms with Gasteiger partial charge in [-0.3, -0.25) is 4.90 Å². The van der Waals surface area contributed by atoms with Gasteiger partial charge < -0.3 is 9.84 Å². The summed E-state index contributed by atoms with van der Waals surface area (Å²) >= 11 is 0. The van der Waals surface area contributed by atoms with Crippen molar-refractivity contribution >= 4 is 5.97 Å². The molecule has 1 unspecified atom stereocenters. The molecule has 1 saturated heterocycles. The van der Waals surface area contributed by atoms with Crippen LogP contribution in [0.1, 0.15) is 31.4 Å². The van der Waals surface area contributed by atoms with E-state index in [0.29, 0.717) is 31.5 Å². The molecule has 0 spiro atoms. The number of hydrogen-bond acceptors (Lipinski definition) is 3. The van der Waals surface area contributed by atoms with E-state index in [2.05, 4.69) is 4.90 Å². The topological polar surface area (TPSA) is 49.8 Å². The maximum atomic E-state index is 13.8. The van der Waals surface area contributed by atoms with Crippen LogP contribution in [0.25, 0.3) is 0 Å². The average molecular weight is 299 g/mol. The lowest BCUT2D eigenvalue weighted by Crippen LogP contribution is -2.39. The Balaban J connectivity index is 1.92. The number of likely N-dealkylation sites (tertiary alicyclic amines) is 1. The second-order valence-corrected chi connectivity index (χ2v) is 5.26. The summed E-state index contributed by atoms with van der Waals surface area (Å²) in [5, 5.41) is 8.58. The van der Waals surface area contributed by atoms with Crippen molar-refractivity contribution in [3.8, 4) is 0 Å². The number of aliphatic carboxylic acids is 1. The number of piperidine rings is 1. The number of ether oxygens (including phenoxy) is 1. The normalized spacial score (nSPS) is 18.6. The summed E-state index contributed by atoms with van der Waals surface area (Å²) < 4.78 is 32.3. The zero-order chi connectivity index (χ0) is 15.4. The van der Waals surface area contributed by atoms with E-state index >= 15 is 0 Å². The molecule has 1 fully saturated rings. The van der Waals surface area contributed by atoms with Gasteiger partial charge in [0.15, 0.2) is 11.6 Å². The molecule has 0 amide bonds. The highest BCUT2D eigenvalue weighted by atomic mass is 19.2. The number of hydrogen-bond donors (Lipinski definition) is 1. The summed E-state index contributed by atoms with van der Waals surface area (Å²) in [5.41, 5.74) is 0.347. The third kappa shape index (κ3) is 3.98.